The molecule has 1 aliphatic carbocycles. The van der Waals surface area contributed by atoms with Gasteiger partial charge in [-0.1, -0.05) is 31.4 Å². The largest absolute Gasteiger partial charge is 0.383 e. The number of aliphatic imine (C=N–C) groups is 1. The van der Waals surface area contributed by atoms with Crippen LogP contribution in [0.25, 0.3) is 0 Å². The van der Waals surface area contributed by atoms with Crippen molar-refractivity contribution in [2.24, 2.45) is 10.9 Å². The quantitative estimate of drug-likeness (QED) is 0.286. The highest BCUT2D eigenvalue weighted by molar-refractivity contribution is 14.0. The second-order valence-electron chi connectivity index (χ2n) is 7.22. The maximum Gasteiger partial charge on any atom is 0.227 e. The van der Waals surface area contributed by atoms with Crippen molar-refractivity contribution in [2.75, 3.05) is 25.6 Å². The highest BCUT2D eigenvalue weighted by Crippen LogP contribution is 2.25. The molecular weight excluding hydrogens is 467 g/mol. The van der Waals surface area contributed by atoms with Gasteiger partial charge in [0, 0.05) is 31.3 Å². The van der Waals surface area contributed by atoms with Crippen molar-refractivity contribution in [2.45, 2.75) is 58.5 Å². The molecule has 1 aliphatic rings. The van der Waals surface area contributed by atoms with Gasteiger partial charge >= 0.3 is 0 Å². The number of hydrogen-bond donors (Lipinski definition) is 3. The molecule has 158 valence electrons. The lowest BCUT2D eigenvalue weighted by Gasteiger charge is -2.20. The maximum absolute atomic E-state index is 12.4. The van der Waals surface area contributed by atoms with E-state index in [4.69, 9.17) is 4.74 Å². The summed E-state index contributed by atoms with van der Waals surface area (Å²) in [6.07, 6.45) is 5.59. The van der Waals surface area contributed by atoms with Crippen molar-refractivity contribution >= 4 is 41.5 Å². The minimum atomic E-state index is 0. The molecule has 0 radical (unpaired) electrons. The Morgan fingerprint density at radius 1 is 1.29 bits per heavy atom. The van der Waals surface area contributed by atoms with Gasteiger partial charge in [0.25, 0.3) is 0 Å². The van der Waals surface area contributed by atoms with Crippen LogP contribution in [-0.2, 0) is 16.1 Å². The number of amides is 1. The molecule has 1 atom stereocenters. The molecule has 0 saturated heterocycles. The van der Waals surface area contributed by atoms with Gasteiger partial charge in [0.1, 0.15) is 0 Å². The zero-order valence-electron chi connectivity index (χ0n) is 17.3. The molecule has 0 bridgehead atoms. The van der Waals surface area contributed by atoms with E-state index in [-0.39, 0.29) is 41.8 Å². The fourth-order valence-electron chi connectivity index (χ4n) is 3.37. The van der Waals surface area contributed by atoms with Gasteiger partial charge in [-0.3, -0.25) is 4.79 Å². The number of guanidine groups is 1. The van der Waals surface area contributed by atoms with Gasteiger partial charge in [-0.15, -0.1) is 24.0 Å². The molecule has 1 unspecified atom stereocenters. The smallest absolute Gasteiger partial charge is 0.227 e. The normalized spacial score (nSPS) is 16.0. The van der Waals surface area contributed by atoms with Crippen molar-refractivity contribution in [1.82, 2.24) is 10.6 Å². The fraction of sp³-hybridized carbons (Fsp3) is 0.619. The third-order valence-corrected chi connectivity index (χ3v) is 4.73. The summed E-state index contributed by atoms with van der Waals surface area (Å²) < 4.78 is 5.16. The molecule has 0 heterocycles. The molecule has 1 aromatic carbocycles. The van der Waals surface area contributed by atoms with E-state index in [1.807, 2.05) is 31.2 Å². The summed E-state index contributed by atoms with van der Waals surface area (Å²) in [7, 11) is 1.69. The van der Waals surface area contributed by atoms with Crippen molar-refractivity contribution < 1.29 is 9.53 Å². The van der Waals surface area contributed by atoms with E-state index < -0.39 is 0 Å². The van der Waals surface area contributed by atoms with Crippen LogP contribution in [0, 0.1) is 5.92 Å². The van der Waals surface area contributed by atoms with Gasteiger partial charge in [0.2, 0.25) is 5.91 Å². The highest BCUT2D eigenvalue weighted by Gasteiger charge is 2.21. The highest BCUT2D eigenvalue weighted by atomic mass is 127. The maximum atomic E-state index is 12.4. The Morgan fingerprint density at radius 3 is 2.71 bits per heavy atom. The van der Waals surface area contributed by atoms with Crippen molar-refractivity contribution in [3.63, 3.8) is 0 Å². The molecule has 28 heavy (non-hydrogen) atoms. The summed E-state index contributed by atoms with van der Waals surface area (Å²) in [4.78, 5) is 17.1. The third kappa shape index (κ3) is 8.77. The predicted molar refractivity (Wildman–Crippen MR) is 126 cm³/mol. The van der Waals surface area contributed by atoms with E-state index in [1.54, 1.807) is 7.11 Å². The summed E-state index contributed by atoms with van der Waals surface area (Å²) in [5.74, 6) is 1.07. The van der Waals surface area contributed by atoms with E-state index in [9.17, 15) is 4.79 Å². The van der Waals surface area contributed by atoms with E-state index in [0.29, 0.717) is 13.2 Å². The first-order chi connectivity index (χ1) is 13.1. The number of rotatable bonds is 8. The van der Waals surface area contributed by atoms with Gasteiger partial charge < -0.3 is 20.7 Å². The van der Waals surface area contributed by atoms with Gasteiger partial charge in [-0.25, -0.2) is 4.99 Å². The zero-order chi connectivity index (χ0) is 19.5. The van der Waals surface area contributed by atoms with E-state index in [0.717, 1.165) is 49.4 Å². The molecule has 3 N–H and O–H groups in total. The van der Waals surface area contributed by atoms with Crippen molar-refractivity contribution in [3.8, 4) is 0 Å². The lowest BCUT2D eigenvalue weighted by Crippen LogP contribution is -2.43. The Morgan fingerprint density at radius 2 is 2.04 bits per heavy atom. The van der Waals surface area contributed by atoms with E-state index in [1.165, 1.54) is 6.42 Å². The van der Waals surface area contributed by atoms with Crippen LogP contribution in [0.4, 0.5) is 5.69 Å². The summed E-state index contributed by atoms with van der Waals surface area (Å²) >= 11 is 0. The molecule has 6 nitrogen and oxygen atoms in total. The lowest BCUT2D eigenvalue weighted by atomic mass is 9.88. The van der Waals surface area contributed by atoms with Crippen LogP contribution >= 0.6 is 24.0 Å². The van der Waals surface area contributed by atoms with Crippen LogP contribution in [0.2, 0.25) is 0 Å². The van der Waals surface area contributed by atoms with Crippen LogP contribution in [0.5, 0.6) is 0 Å². The van der Waals surface area contributed by atoms with Gasteiger partial charge in [0.15, 0.2) is 5.96 Å². The van der Waals surface area contributed by atoms with Crippen LogP contribution in [0.15, 0.2) is 29.3 Å². The van der Waals surface area contributed by atoms with Gasteiger partial charge in [0.05, 0.1) is 13.2 Å². The summed E-state index contributed by atoms with van der Waals surface area (Å²) in [6, 6.07) is 8.12. The van der Waals surface area contributed by atoms with Crippen molar-refractivity contribution in [3.05, 3.63) is 29.8 Å². The Balaban J connectivity index is 0.00000392. The second-order valence-corrected chi connectivity index (χ2v) is 7.22. The average molecular weight is 502 g/mol. The number of methoxy groups -OCH3 is 1. The first kappa shape index (κ1) is 24.7. The molecule has 1 fully saturated rings. The molecule has 1 aromatic rings. The standard InChI is InChI=1S/C21H34N4O2.HI/c1-4-22-21(24-16(2)15-27-3)23-14-17-9-8-12-19(13-17)25-20(26)18-10-6-5-7-11-18;/h8-9,12-13,16,18H,4-7,10-11,14-15H2,1-3H3,(H,25,26)(H2,22,23,24);1H. The number of nitrogens with one attached hydrogen (secondary N) is 3. The number of hydrogen-bond acceptors (Lipinski definition) is 3. The Bertz CT molecular complexity index is 618. The number of nitrogens with zero attached hydrogens (tertiary/aromatic N) is 1. The fourth-order valence-corrected chi connectivity index (χ4v) is 3.37. The molecule has 0 aliphatic heterocycles. The molecule has 7 heteroatoms. The number of anilines is 1. The van der Waals surface area contributed by atoms with Crippen LogP contribution in [-0.4, -0.2) is 38.2 Å². The van der Waals surface area contributed by atoms with Gasteiger partial charge in [-0.05, 0) is 44.4 Å². The third-order valence-electron chi connectivity index (χ3n) is 4.73. The first-order valence-corrected chi connectivity index (χ1v) is 10.1. The Kier molecular flexibility index (Phi) is 12.1. The minimum absolute atomic E-state index is 0. The molecule has 1 saturated carbocycles. The van der Waals surface area contributed by atoms with E-state index in [2.05, 4.69) is 27.9 Å². The topological polar surface area (TPSA) is 74.8 Å². The first-order valence-electron chi connectivity index (χ1n) is 10.1. The number of halogens is 1. The Hall–Kier alpha value is -1.35. The van der Waals surface area contributed by atoms with Crippen molar-refractivity contribution in [1.29, 1.82) is 0 Å². The second kappa shape index (κ2) is 13.8. The summed E-state index contributed by atoms with van der Waals surface area (Å²) in [5, 5.41) is 9.65. The Labute approximate surface area is 186 Å². The minimum Gasteiger partial charge on any atom is -0.383 e. The molecular formula is C21H35IN4O2. The zero-order valence-corrected chi connectivity index (χ0v) is 19.6. The van der Waals surface area contributed by atoms with Crippen LogP contribution in [0.1, 0.15) is 51.5 Å². The number of carbonyl (C=O) groups excluding carboxylic acids is 1. The molecule has 2 rings (SSSR count). The molecule has 0 spiro atoms. The van der Waals surface area contributed by atoms with E-state index >= 15 is 0 Å². The molecule has 0 aromatic heterocycles. The number of ether oxygens (including phenoxy) is 1. The number of benzene rings is 1. The van der Waals surface area contributed by atoms with Crippen LogP contribution < -0.4 is 16.0 Å². The lowest BCUT2D eigenvalue weighted by molar-refractivity contribution is -0.120. The SMILES string of the molecule is CCNC(=NCc1cccc(NC(=O)C2CCCCC2)c1)NC(C)COC.I. The summed E-state index contributed by atoms with van der Waals surface area (Å²) in [6.45, 7) is 6.05. The number of carbonyl (C=O) groups is 1. The summed E-state index contributed by atoms with van der Waals surface area (Å²) in [5.41, 5.74) is 1.91. The molecule has 1 amide bonds. The monoisotopic (exact) mass is 502 g/mol. The van der Waals surface area contributed by atoms with Gasteiger partial charge in [-0.2, -0.15) is 0 Å². The van der Waals surface area contributed by atoms with Crippen LogP contribution in [0.3, 0.4) is 0 Å². The predicted octanol–water partition coefficient (Wildman–Crippen LogP) is 3.91. The average Bonchev–Trinajstić information content (AvgIpc) is 2.67.